The first-order valence-electron chi connectivity index (χ1n) is 9.34. The summed E-state index contributed by atoms with van der Waals surface area (Å²) in [7, 11) is -3.94. The highest BCUT2D eigenvalue weighted by Gasteiger charge is 2.30. The van der Waals surface area contributed by atoms with Gasteiger partial charge in [-0.05, 0) is 42.7 Å². The molecule has 0 aliphatic carbocycles. The van der Waals surface area contributed by atoms with Crippen LogP contribution in [-0.2, 0) is 16.4 Å². The van der Waals surface area contributed by atoms with E-state index in [0.29, 0.717) is 34.2 Å². The molecule has 150 valence electrons. The molecule has 0 bridgehead atoms. The Hall–Kier alpha value is -2.64. The average molecular weight is 429 g/mol. The van der Waals surface area contributed by atoms with Gasteiger partial charge in [-0.15, -0.1) is 0 Å². The SMILES string of the molecule is CC(C)CCn1c(N)c(S(=O)(=O)c2cccc(Cl)c2)c2nc3ccccc3nc21. The predicted octanol–water partition coefficient (Wildman–Crippen LogP) is 4.70. The van der Waals surface area contributed by atoms with E-state index in [4.69, 9.17) is 22.3 Å². The minimum Gasteiger partial charge on any atom is -0.384 e. The molecule has 0 radical (unpaired) electrons. The second kappa shape index (κ2) is 7.31. The second-order valence-electron chi connectivity index (χ2n) is 7.39. The van der Waals surface area contributed by atoms with E-state index in [1.54, 1.807) is 22.8 Å². The molecule has 0 fully saturated rings. The molecule has 2 aromatic carbocycles. The topological polar surface area (TPSA) is 90.9 Å². The number of nitrogen functional groups attached to an aromatic ring is 1. The van der Waals surface area contributed by atoms with E-state index in [1.165, 1.54) is 12.1 Å². The number of nitrogens with zero attached hydrogens (tertiary/aromatic N) is 3. The van der Waals surface area contributed by atoms with Crippen molar-refractivity contribution >= 4 is 49.5 Å². The van der Waals surface area contributed by atoms with Crippen LogP contribution in [-0.4, -0.2) is 23.0 Å². The smallest absolute Gasteiger partial charge is 0.212 e. The van der Waals surface area contributed by atoms with Gasteiger partial charge in [0.05, 0.1) is 15.9 Å². The van der Waals surface area contributed by atoms with Crippen molar-refractivity contribution in [1.29, 1.82) is 0 Å². The number of para-hydroxylation sites is 2. The standard InChI is InChI=1S/C21H21ClN4O2S/c1-13(2)10-11-26-20(23)19(29(27,28)15-7-5-6-14(22)12-15)18-21(26)25-17-9-4-3-8-16(17)24-18/h3-9,12-13H,10-11,23H2,1-2H3. The molecule has 0 atom stereocenters. The van der Waals surface area contributed by atoms with Crippen molar-refractivity contribution in [3.05, 3.63) is 53.6 Å². The van der Waals surface area contributed by atoms with Gasteiger partial charge in [0.2, 0.25) is 9.84 Å². The Labute approximate surface area is 174 Å². The summed E-state index contributed by atoms with van der Waals surface area (Å²) in [6, 6.07) is 13.5. The van der Waals surface area contributed by atoms with Gasteiger partial charge in [-0.25, -0.2) is 18.4 Å². The maximum absolute atomic E-state index is 13.5. The third-order valence-corrected chi connectivity index (χ3v) is 6.90. The molecular weight excluding hydrogens is 408 g/mol. The monoisotopic (exact) mass is 428 g/mol. The third kappa shape index (κ3) is 3.45. The van der Waals surface area contributed by atoms with Crippen LogP contribution in [0.2, 0.25) is 5.02 Å². The minimum absolute atomic E-state index is 0.0169. The van der Waals surface area contributed by atoms with Crippen LogP contribution in [0.15, 0.2) is 58.3 Å². The first-order chi connectivity index (χ1) is 13.8. The summed E-state index contributed by atoms with van der Waals surface area (Å²) in [5.41, 5.74) is 8.46. The van der Waals surface area contributed by atoms with E-state index in [0.717, 1.165) is 6.42 Å². The van der Waals surface area contributed by atoms with E-state index < -0.39 is 9.84 Å². The first-order valence-corrected chi connectivity index (χ1v) is 11.2. The van der Waals surface area contributed by atoms with Crippen LogP contribution >= 0.6 is 11.6 Å². The second-order valence-corrected chi connectivity index (χ2v) is 9.72. The fourth-order valence-corrected chi connectivity index (χ4v) is 5.13. The molecule has 0 aliphatic rings. The van der Waals surface area contributed by atoms with Crippen LogP contribution in [0, 0.1) is 5.92 Å². The number of hydrogen-bond acceptors (Lipinski definition) is 5. The van der Waals surface area contributed by atoms with Crippen molar-refractivity contribution in [2.45, 2.75) is 36.6 Å². The quantitative estimate of drug-likeness (QED) is 0.497. The molecule has 4 rings (SSSR count). The van der Waals surface area contributed by atoms with Crippen LogP contribution in [0.4, 0.5) is 5.82 Å². The third-order valence-electron chi connectivity index (χ3n) is 4.85. The largest absolute Gasteiger partial charge is 0.384 e. The molecule has 0 saturated carbocycles. The van der Waals surface area contributed by atoms with Gasteiger partial charge in [0, 0.05) is 11.6 Å². The molecule has 2 heterocycles. The van der Waals surface area contributed by atoms with Crippen molar-refractivity contribution < 1.29 is 8.42 Å². The Morgan fingerprint density at radius 3 is 2.41 bits per heavy atom. The van der Waals surface area contributed by atoms with Crippen LogP contribution < -0.4 is 5.73 Å². The zero-order chi connectivity index (χ0) is 20.8. The van der Waals surface area contributed by atoms with Crippen LogP contribution in [0.5, 0.6) is 0 Å². The Kier molecular flexibility index (Phi) is 4.96. The molecule has 0 unspecified atom stereocenters. The maximum Gasteiger partial charge on any atom is 0.212 e. The lowest BCUT2D eigenvalue weighted by atomic mass is 10.1. The van der Waals surface area contributed by atoms with E-state index in [9.17, 15) is 8.42 Å². The average Bonchev–Trinajstić information content (AvgIpc) is 2.95. The molecule has 0 aliphatic heterocycles. The van der Waals surface area contributed by atoms with Crippen molar-refractivity contribution in [1.82, 2.24) is 14.5 Å². The van der Waals surface area contributed by atoms with Crippen LogP contribution in [0.3, 0.4) is 0 Å². The summed E-state index contributed by atoms with van der Waals surface area (Å²) < 4.78 is 28.7. The minimum atomic E-state index is -3.94. The van der Waals surface area contributed by atoms with Gasteiger partial charge < -0.3 is 10.3 Å². The highest BCUT2D eigenvalue weighted by atomic mass is 35.5. The zero-order valence-electron chi connectivity index (χ0n) is 16.1. The summed E-state index contributed by atoms with van der Waals surface area (Å²) in [5.74, 6) is 0.573. The summed E-state index contributed by atoms with van der Waals surface area (Å²) in [5, 5.41) is 0.338. The van der Waals surface area contributed by atoms with E-state index in [1.807, 2.05) is 18.2 Å². The van der Waals surface area contributed by atoms with Gasteiger partial charge in [-0.3, -0.25) is 0 Å². The molecule has 4 aromatic rings. The first kappa shape index (κ1) is 19.7. The Bertz CT molecular complexity index is 1330. The molecule has 0 spiro atoms. The summed E-state index contributed by atoms with van der Waals surface area (Å²) >= 11 is 6.04. The number of aryl methyl sites for hydroxylation is 1. The molecule has 0 saturated heterocycles. The highest BCUT2D eigenvalue weighted by Crippen LogP contribution is 2.36. The predicted molar refractivity (Wildman–Crippen MR) is 116 cm³/mol. The summed E-state index contributed by atoms with van der Waals surface area (Å²) in [6.45, 7) is 4.76. The normalized spacial score (nSPS) is 12.3. The van der Waals surface area contributed by atoms with E-state index >= 15 is 0 Å². The van der Waals surface area contributed by atoms with Gasteiger partial charge in [0.1, 0.15) is 16.2 Å². The van der Waals surface area contributed by atoms with Crippen molar-refractivity contribution in [3.8, 4) is 0 Å². The Morgan fingerprint density at radius 2 is 1.76 bits per heavy atom. The van der Waals surface area contributed by atoms with Crippen molar-refractivity contribution in [2.75, 3.05) is 5.73 Å². The summed E-state index contributed by atoms with van der Waals surface area (Å²) in [6.07, 6.45) is 0.832. The van der Waals surface area contributed by atoms with Gasteiger partial charge in [0.15, 0.2) is 5.65 Å². The van der Waals surface area contributed by atoms with Crippen molar-refractivity contribution in [3.63, 3.8) is 0 Å². The van der Waals surface area contributed by atoms with Gasteiger partial charge >= 0.3 is 0 Å². The summed E-state index contributed by atoms with van der Waals surface area (Å²) in [4.78, 5) is 9.38. The number of fused-ring (bicyclic) bond motifs is 2. The number of hydrogen-bond donors (Lipinski definition) is 1. The van der Waals surface area contributed by atoms with E-state index in [2.05, 4.69) is 18.8 Å². The number of benzene rings is 2. The molecule has 2 N–H and O–H groups in total. The Balaban J connectivity index is 2.04. The molecule has 2 aromatic heterocycles. The number of nitrogens with two attached hydrogens (primary N) is 1. The van der Waals surface area contributed by atoms with Crippen LogP contribution in [0.25, 0.3) is 22.2 Å². The highest BCUT2D eigenvalue weighted by molar-refractivity contribution is 7.92. The van der Waals surface area contributed by atoms with Crippen LogP contribution in [0.1, 0.15) is 20.3 Å². The fraction of sp³-hybridized carbons (Fsp3) is 0.238. The van der Waals surface area contributed by atoms with Gasteiger partial charge in [-0.1, -0.05) is 43.6 Å². The molecular formula is C21H21ClN4O2S. The maximum atomic E-state index is 13.5. The number of sulfone groups is 1. The molecule has 29 heavy (non-hydrogen) atoms. The lowest BCUT2D eigenvalue weighted by Gasteiger charge is -2.10. The number of aromatic nitrogens is 3. The molecule has 8 heteroatoms. The van der Waals surface area contributed by atoms with Gasteiger partial charge in [0.25, 0.3) is 0 Å². The lowest BCUT2D eigenvalue weighted by molar-refractivity contribution is 0.525. The number of anilines is 1. The Morgan fingerprint density at radius 1 is 1.07 bits per heavy atom. The zero-order valence-corrected chi connectivity index (χ0v) is 17.7. The van der Waals surface area contributed by atoms with Gasteiger partial charge in [-0.2, -0.15) is 0 Å². The van der Waals surface area contributed by atoms with Crippen molar-refractivity contribution in [2.24, 2.45) is 5.92 Å². The fourth-order valence-electron chi connectivity index (χ4n) is 3.32. The molecule has 6 nitrogen and oxygen atoms in total. The molecule has 0 amide bonds. The van der Waals surface area contributed by atoms with E-state index in [-0.39, 0.29) is 21.1 Å². The number of halogens is 1. The number of rotatable bonds is 5. The lowest BCUT2D eigenvalue weighted by Crippen LogP contribution is -2.09.